The lowest BCUT2D eigenvalue weighted by Gasteiger charge is -2.09. The zero-order valence-corrected chi connectivity index (χ0v) is 16.1. The Morgan fingerprint density at radius 1 is 0.966 bits per heavy atom. The molecule has 0 amide bonds. The number of aromatic nitrogens is 4. The second-order valence-electron chi connectivity index (χ2n) is 6.67. The number of fused-ring (bicyclic) bond motifs is 1. The Labute approximate surface area is 166 Å². The van der Waals surface area contributed by atoms with Gasteiger partial charge in [0.1, 0.15) is 0 Å². The molecule has 29 heavy (non-hydrogen) atoms. The Kier molecular flexibility index (Phi) is 4.82. The molecular weight excluding hydrogens is 368 g/mol. The van der Waals surface area contributed by atoms with Crippen LogP contribution in [0, 0.1) is 0 Å². The molecule has 0 fully saturated rings. The molecule has 0 bridgehead atoms. The van der Waals surface area contributed by atoms with Crippen molar-refractivity contribution in [3.8, 4) is 0 Å². The van der Waals surface area contributed by atoms with Gasteiger partial charge in [0.15, 0.2) is 11.2 Å². The number of hydrogen-bond donors (Lipinski definition) is 1. The maximum atomic E-state index is 12.8. The summed E-state index contributed by atoms with van der Waals surface area (Å²) < 4.78 is 4.20. The molecular formula is C21H20N6O2. The Hall–Kier alpha value is -3.94. The average Bonchev–Trinajstić information content (AvgIpc) is 3.10. The zero-order valence-electron chi connectivity index (χ0n) is 16.1. The third-order valence-electron chi connectivity index (χ3n) is 4.71. The number of rotatable bonds is 5. The zero-order chi connectivity index (χ0) is 20.4. The van der Waals surface area contributed by atoms with E-state index < -0.39 is 11.2 Å². The fourth-order valence-corrected chi connectivity index (χ4v) is 3.16. The topological polar surface area (TPSA) is 86.2 Å². The molecule has 2 aromatic carbocycles. The third-order valence-corrected chi connectivity index (χ3v) is 4.71. The van der Waals surface area contributed by atoms with Crippen LogP contribution in [-0.2, 0) is 20.6 Å². The number of hydrazone groups is 1. The summed E-state index contributed by atoms with van der Waals surface area (Å²) in [6.07, 6.45) is 1.67. The maximum Gasteiger partial charge on any atom is 0.332 e. The molecule has 146 valence electrons. The number of anilines is 1. The molecule has 0 saturated carbocycles. The summed E-state index contributed by atoms with van der Waals surface area (Å²) in [7, 11) is 3.06. The second kappa shape index (κ2) is 7.59. The van der Waals surface area contributed by atoms with E-state index in [0.717, 1.165) is 15.7 Å². The van der Waals surface area contributed by atoms with E-state index in [1.54, 1.807) is 17.8 Å². The summed E-state index contributed by atoms with van der Waals surface area (Å²) in [6, 6.07) is 19.4. The fourth-order valence-electron chi connectivity index (χ4n) is 3.16. The van der Waals surface area contributed by atoms with Crippen molar-refractivity contribution in [3.63, 3.8) is 0 Å². The molecule has 4 rings (SSSR count). The van der Waals surface area contributed by atoms with Gasteiger partial charge in [-0.3, -0.25) is 18.5 Å². The van der Waals surface area contributed by atoms with E-state index in [1.807, 2.05) is 60.7 Å². The minimum Gasteiger partial charge on any atom is -0.298 e. The van der Waals surface area contributed by atoms with Crippen LogP contribution in [0.4, 0.5) is 5.95 Å². The fraction of sp³-hybridized carbons (Fsp3) is 0.143. The molecule has 8 heteroatoms. The van der Waals surface area contributed by atoms with Crippen molar-refractivity contribution in [2.24, 2.45) is 19.2 Å². The van der Waals surface area contributed by atoms with Gasteiger partial charge in [0, 0.05) is 14.1 Å². The van der Waals surface area contributed by atoms with E-state index in [-0.39, 0.29) is 0 Å². The van der Waals surface area contributed by atoms with Crippen LogP contribution in [0.5, 0.6) is 0 Å². The molecule has 2 heterocycles. The highest BCUT2D eigenvalue weighted by atomic mass is 16.2. The van der Waals surface area contributed by atoms with Gasteiger partial charge < -0.3 is 0 Å². The van der Waals surface area contributed by atoms with Crippen molar-refractivity contribution in [1.82, 2.24) is 18.7 Å². The van der Waals surface area contributed by atoms with Gasteiger partial charge in [-0.05, 0) is 11.1 Å². The van der Waals surface area contributed by atoms with Gasteiger partial charge in [-0.25, -0.2) is 10.2 Å². The van der Waals surface area contributed by atoms with Crippen molar-refractivity contribution < 1.29 is 0 Å². The van der Waals surface area contributed by atoms with Crippen LogP contribution in [0.25, 0.3) is 11.2 Å². The van der Waals surface area contributed by atoms with E-state index in [9.17, 15) is 9.59 Å². The van der Waals surface area contributed by atoms with Crippen LogP contribution in [-0.4, -0.2) is 24.9 Å². The number of hydrogen-bond acceptors (Lipinski definition) is 5. The predicted octanol–water partition coefficient (Wildman–Crippen LogP) is 1.93. The molecule has 0 aliphatic rings. The summed E-state index contributed by atoms with van der Waals surface area (Å²) in [4.78, 5) is 29.6. The van der Waals surface area contributed by atoms with Crippen molar-refractivity contribution in [3.05, 3.63) is 92.6 Å². The van der Waals surface area contributed by atoms with E-state index in [1.165, 1.54) is 11.6 Å². The molecule has 0 unspecified atom stereocenters. The molecule has 8 nitrogen and oxygen atoms in total. The highest BCUT2D eigenvalue weighted by Gasteiger charge is 2.19. The predicted molar refractivity (Wildman–Crippen MR) is 113 cm³/mol. The summed E-state index contributed by atoms with van der Waals surface area (Å²) in [6.45, 7) is 0.411. The number of nitrogens with one attached hydrogen (secondary N) is 1. The first kappa shape index (κ1) is 18.4. The minimum absolute atomic E-state index is 0.312. The van der Waals surface area contributed by atoms with Gasteiger partial charge in [-0.15, -0.1) is 0 Å². The number of aryl methyl sites for hydroxylation is 1. The van der Waals surface area contributed by atoms with Crippen molar-refractivity contribution >= 4 is 23.3 Å². The van der Waals surface area contributed by atoms with E-state index >= 15 is 0 Å². The number of imidazole rings is 1. The van der Waals surface area contributed by atoms with Gasteiger partial charge in [0.05, 0.1) is 12.8 Å². The minimum atomic E-state index is -0.425. The number of nitrogens with zero attached hydrogens (tertiary/aromatic N) is 5. The van der Waals surface area contributed by atoms with E-state index in [0.29, 0.717) is 23.7 Å². The summed E-state index contributed by atoms with van der Waals surface area (Å²) in [5.41, 5.74) is 4.68. The lowest BCUT2D eigenvalue weighted by atomic mass is 10.2. The van der Waals surface area contributed by atoms with E-state index in [4.69, 9.17) is 0 Å². The van der Waals surface area contributed by atoms with E-state index in [2.05, 4.69) is 15.5 Å². The van der Waals surface area contributed by atoms with Gasteiger partial charge in [0.25, 0.3) is 5.56 Å². The Balaban J connectivity index is 1.84. The molecule has 0 aliphatic carbocycles. The monoisotopic (exact) mass is 388 g/mol. The highest BCUT2D eigenvalue weighted by molar-refractivity contribution is 5.80. The summed E-state index contributed by atoms with van der Waals surface area (Å²) >= 11 is 0. The standard InChI is InChI=1S/C21H20N6O2/c1-25-18-17(19(28)26(2)21(25)29)27(14-16-11-7-4-8-12-16)20(23-18)24-22-13-15-9-5-3-6-10-15/h3-13H,14H2,1-2H3,(H,23,24). The quantitative estimate of drug-likeness (QED) is 0.418. The first-order valence-corrected chi connectivity index (χ1v) is 9.10. The van der Waals surface area contributed by atoms with Crippen LogP contribution in [0.1, 0.15) is 11.1 Å². The summed E-state index contributed by atoms with van der Waals surface area (Å²) in [5.74, 6) is 0.384. The first-order chi connectivity index (χ1) is 14.1. The lowest BCUT2D eigenvalue weighted by molar-refractivity contribution is 0.702. The second-order valence-corrected chi connectivity index (χ2v) is 6.67. The van der Waals surface area contributed by atoms with Gasteiger partial charge >= 0.3 is 5.69 Å². The molecule has 2 aromatic heterocycles. The Morgan fingerprint density at radius 2 is 1.62 bits per heavy atom. The van der Waals surface area contributed by atoms with Crippen molar-refractivity contribution in [1.29, 1.82) is 0 Å². The average molecular weight is 388 g/mol. The molecule has 0 radical (unpaired) electrons. The van der Waals surface area contributed by atoms with Crippen LogP contribution >= 0.6 is 0 Å². The van der Waals surface area contributed by atoms with Gasteiger partial charge in [-0.2, -0.15) is 10.1 Å². The van der Waals surface area contributed by atoms with Crippen molar-refractivity contribution in [2.75, 3.05) is 5.43 Å². The molecule has 0 aliphatic heterocycles. The highest BCUT2D eigenvalue weighted by Crippen LogP contribution is 2.18. The summed E-state index contributed by atoms with van der Waals surface area (Å²) in [5, 5.41) is 4.26. The molecule has 0 saturated heterocycles. The van der Waals surface area contributed by atoms with Crippen LogP contribution < -0.4 is 16.7 Å². The van der Waals surface area contributed by atoms with Crippen LogP contribution in [0.2, 0.25) is 0 Å². The largest absolute Gasteiger partial charge is 0.332 e. The Morgan fingerprint density at radius 3 is 2.31 bits per heavy atom. The van der Waals surface area contributed by atoms with Crippen LogP contribution in [0.15, 0.2) is 75.4 Å². The molecule has 0 spiro atoms. The molecule has 1 N–H and O–H groups in total. The third kappa shape index (κ3) is 3.47. The Bertz CT molecular complexity index is 1300. The van der Waals surface area contributed by atoms with Crippen LogP contribution in [0.3, 0.4) is 0 Å². The number of benzene rings is 2. The normalized spacial score (nSPS) is 11.4. The van der Waals surface area contributed by atoms with Gasteiger partial charge in [-0.1, -0.05) is 60.7 Å². The van der Waals surface area contributed by atoms with Gasteiger partial charge in [0.2, 0.25) is 5.95 Å². The maximum absolute atomic E-state index is 12.8. The SMILES string of the molecule is Cn1c(=O)c2c(nc(NN=Cc3ccccc3)n2Cc2ccccc2)n(C)c1=O. The smallest absolute Gasteiger partial charge is 0.298 e. The first-order valence-electron chi connectivity index (χ1n) is 9.10. The molecule has 0 atom stereocenters. The lowest BCUT2D eigenvalue weighted by Crippen LogP contribution is -2.37. The molecule has 4 aromatic rings. The van der Waals surface area contributed by atoms with Crippen molar-refractivity contribution in [2.45, 2.75) is 6.54 Å².